The molecule has 94 valence electrons. The first-order chi connectivity index (χ1) is 8.49. The van der Waals surface area contributed by atoms with Gasteiger partial charge in [0.25, 0.3) is 0 Å². The predicted molar refractivity (Wildman–Crippen MR) is 71.4 cm³/mol. The summed E-state index contributed by atoms with van der Waals surface area (Å²) in [7, 11) is 0. The Kier molecular flexibility index (Phi) is 4.14. The molecule has 0 atom stereocenters. The van der Waals surface area contributed by atoms with Crippen molar-refractivity contribution in [3.05, 3.63) is 55.1 Å². The van der Waals surface area contributed by atoms with Crippen LogP contribution in [0.1, 0.15) is 15.2 Å². The number of carbonyl (C=O) groups is 1. The van der Waals surface area contributed by atoms with Gasteiger partial charge < -0.3 is 0 Å². The van der Waals surface area contributed by atoms with Crippen molar-refractivity contribution in [3.8, 4) is 0 Å². The van der Waals surface area contributed by atoms with E-state index in [1.54, 1.807) is 12.1 Å². The highest BCUT2D eigenvalue weighted by Gasteiger charge is 2.17. The molecule has 0 aliphatic rings. The zero-order chi connectivity index (χ0) is 13.3. The van der Waals surface area contributed by atoms with Crippen LogP contribution in [0.25, 0.3) is 0 Å². The number of halogens is 4. The quantitative estimate of drug-likeness (QED) is 0.570. The Bertz CT molecular complexity index is 612. The Morgan fingerprint density at radius 3 is 2.61 bits per heavy atom. The van der Waals surface area contributed by atoms with Crippen LogP contribution in [0.2, 0.25) is 4.34 Å². The standard InChI is InChI=1S/C12H6BrClF2OS/c13-11-7(2-3-8(15)12(11)16)9(17)5-6-1-4-10(14)18-6/h1-4H,5H2. The van der Waals surface area contributed by atoms with Gasteiger partial charge in [-0.05, 0) is 40.2 Å². The van der Waals surface area contributed by atoms with Crippen molar-refractivity contribution in [1.82, 2.24) is 0 Å². The van der Waals surface area contributed by atoms with Crippen molar-refractivity contribution < 1.29 is 13.6 Å². The van der Waals surface area contributed by atoms with E-state index in [1.807, 2.05) is 0 Å². The van der Waals surface area contributed by atoms with Crippen LogP contribution < -0.4 is 0 Å². The summed E-state index contributed by atoms with van der Waals surface area (Å²) in [6.07, 6.45) is 0.112. The molecular formula is C12H6BrClF2OS. The lowest BCUT2D eigenvalue weighted by atomic mass is 10.1. The molecule has 1 aromatic heterocycles. The summed E-state index contributed by atoms with van der Waals surface area (Å²) in [6, 6.07) is 5.63. The third-order valence-corrected chi connectivity index (χ3v) is 4.31. The summed E-state index contributed by atoms with van der Waals surface area (Å²) in [6.45, 7) is 0. The number of hydrogen-bond acceptors (Lipinski definition) is 2. The van der Waals surface area contributed by atoms with Gasteiger partial charge in [0.05, 0.1) is 8.81 Å². The van der Waals surface area contributed by atoms with E-state index in [-0.39, 0.29) is 22.2 Å². The Morgan fingerprint density at radius 1 is 1.28 bits per heavy atom. The fourth-order valence-corrected chi connectivity index (χ4v) is 3.07. The molecule has 0 amide bonds. The highest BCUT2D eigenvalue weighted by atomic mass is 79.9. The summed E-state index contributed by atoms with van der Waals surface area (Å²) >= 11 is 9.93. The lowest BCUT2D eigenvalue weighted by molar-refractivity contribution is 0.0992. The molecule has 0 bridgehead atoms. The first-order valence-electron chi connectivity index (χ1n) is 4.90. The number of ketones is 1. The molecule has 0 unspecified atom stereocenters. The van der Waals surface area contributed by atoms with E-state index < -0.39 is 11.6 Å². The maximum atomic E-state index is 13.3. The Labute approximate surface area is 120 Å². The Morgan fingerprint density at radius 2 is 2.00 bits per heavy atom. The summed E-state index contributed by atoms with van der Waals surface area (Å²) in [5.74, 6) is -2.33. The smallest absolute Gasteiger partial charge is 0.173 e. The lowest BCUT2D eigenvalue weighted by Gasteiger charge is -2.04. The molecule has 0 radical (unpaired) electrons. The van der Waals surface area contributed by atoms with E-state index in [2.05, 4.69) is 15.9 Å². The molecule has 0 aliphatic heterocycles. The third-order valence-electron chi connectivity index (χ3n) is 2.30. The molecule has 0 saturated carbocycles. The van der Waals surface area contributed by atoms with Crippen molar-refractivity contribution in [1.29, 1.82) is 0 Å². The topological polar surface area (TPSA) is 17.1 Å². The van der Waals surface area contributed by atoms with Gasteiger partial charge >= 0.3 is 0 Å². The van der Waals surface area contributed by atoms with Gasteiger partial charge in [0.1, 0.15) is 0 Å². The van der Waals surface area contributed by atoms with Crippen molar-refractivity contribution in [2.24, 2.45) is 0 Å². The molecular weight excluding hydrogens is 346 g/mol. The normalized spacial score (nSPS) is 10.7. The fourth-order valence-electron chi connectivity index (χ4n) is 1.44. The molecule has 1 heterocycles. The highest BCUT2D eigenvalue weighted by Crippen LogP contribution is 2.26. The Hall–Kier alpha value is -0.780. The minimum Gasteiger partial charge on any atom is -0.294 e. The van der Waals surface area contributed by atoms with Crippen LogP contribution in [0.15, 0.2) is 28.7 Å². The van der Waals surface area contributed by atoms with E-state index in [0.717, 1.165) is 10.9 Å². The predicted octanol–water partition coefficient (Wildman–Crippen LogP) is 4.87. The zero-order valence-electron chi connectivity index (χ0n) is 8.84. The largest absolute Gasteiger partial charge is 0.294 e. The fraction of sp³-hybridized carbons (Fsp3) is 0.0833. The number of rotatable bonds is 3. The number of thiophene rings is 1. The van der Waals surface area contributed by atoms with Crippen molar-refractivity contribution in [2.45, 2.75) is 6.42 Å². The Balaban J connectivity index is 2.27. The molecule has 18 heavy (non-hydrogen) atoms. The van der Waals surface area contributed by atoms with E-state index in [1.165, 1.54) is 17.4 Å². The van der Waals surface area contributed by atoms with Gasteiger partial charge in [-0.15, -0.1) is 11.3 Å². The second-order valence-electron chi connectivity index (χ2n) is 3.53. The zero-order valence-corrected chi connectivity index (χ0v) is 12.0. The molecule has 0 fully saturated rings. The van der Waals surface area contributed by atoms with E-state index in [4.69, 9.17) is 11.6 Å². The molecule has 2 aromatic rings. The number of Topliss-reactive ketones (excluding diaryl/α,β-unsaturated/α-hetero) is 1. The van der Waals surface area contributed by atoms with E-state index in [9.17, 15) is 13.6 Å². The van der Waals surface area contributed by atoms with Crippen molar-refractivity contribution >= 4 is 44.7 Å². The summed E-state index contributed by atoms with van der Waals surface area (Å²) in [4.78, 5) is 12.7. The first kappa shape index (κ1) is 13.6. The van der Waals surface area contributed by atoms with Gasteiger partial charge in [-0.3, -0.25) is 4.79 Å². The van der Waals surface area contributed by atoms with Gasteiger partial charge in [-0.2, -0.15) is 0 Å². The summed E-state index contributed by atoms with van der Waals surface area (Å²) in [5, 5.41) is 0. The maximum absolute atomic E-state index is 13.3. The minimum atomic E-state index is -1.05. The molecule has 6 heteroatoms. The molecule has 0 aliphatic carbocycles. The van der Waals surface area contributed by atoms with E-state index >= 15 is 0 Å². The lowest BCUT2D eigenvalue weighted by Crippen LogP contribution is -2.05. The van der Waals surface area contributed by atoms with Crippen LogP contribution in [0, 0.1) is 11.6 Å². The van der Waals surface area contributed by atoms with Gasteiger partial charge in [0.2, 0.25) is 0 Å². The van der Waals surface area contributed by atoms with Crippen LogP contribution in [0.3, 0.4) is 0 Å². The van der Waals surface area contributed by atoms with Crippen LogP contribution in [0.4, 0.5) is 8.78 Å². The highest BCUT2D eigenvalue weighted by molar-refractivity contribution is 9.10. The van der Waals surface area contributed by atoms with Gasteiger partial charge in [0.15, 0.2) is 17.4 Å². The minimum absolute atomic E-state index is 0.112. The monoisotopic (exact) mass is 350 g/mol. The SMILES string of the molecule is O=C(Cc1ccc(Cl)s1)c1ccc(F)c(F)c1Br. The summed E-state index contributed by atoms with van der Waals surface area (Å²) < 4.78 is 26.7. The number of hydrogen-bond donors (Lipinski definition) is 0. The van der Waals surface area contributed by atoms with E-state index in [0.29, 0.717) is 4.34 Å². The van der Waals surface area contributed by atoms with Gasteiger partial charge in [-0.1, -0.05) is 11.6 Å². The molecule has 0 saturated heterocycles. The number of benzene rings is 1. The van der Waals surface area contributed by atoms with Crippen LogP contribution >= 0.6 is 38.9 Å². The average Bonchev–Trinajstić information content (AvgIpc) is 2.71. The molecule has 1 aromatic carbocycles. The third kappa shape index (κ3) is 2.79. The van der Waals surface area contributed by atoms with Gasteiger partial charge in [0, 0.05) is 16.9 Å². The van der Waals surface area contributed by atoms with Gasteiger partial charge in [-0.25, -0.2) is 8.78 Å². The van der Waals surface area contributed by atoms with Crippen LogP contribution in [-0.4, -0.2) is 5.78 Å². The molecule has 0 N–H and O–H groups in total. The van der Waals surface area contributed by atoms with Crippen molar-refractivity contribution in [3.63, 3.8) is 0 Å². The molecule has 0 spiro atoms. The van der Waals surface area contributed by atoms with Crippen molar-refractivity contribution in [2.75, 3.05) is 0 Å². The second kappa shape index (κ2) is 5.47. The number of carbonyl (C=O) groups excluding carboxylic acids is 1. The first-order valence-corrected chi connectivity index (χ1v) is 6.88. The summed E-state index contributed by atoms with van der Waals surface area (Å²) in [5.41, 5.74) is 0.124. The molecule has 2 rings (SSSR count). The second-order valence-corrected chi connectivity index (χ2v) is 6.12. The average molecular weight is 352 g/mol. The molecule has 1 nitrogen and oxygen atoms in total. The van der Waals surface area contributed by atoms with Crippen LogP contribution in [0.5, 0.6) is 0 Å². The van der Waals surface area contributed by atoms with Crippen LogP contribution in [-0.2, 0) is 6.42 Å². The maximum Gasteiger partial charge on any atom is 0.173 e.